The molecule has 0 radical (unpaired) electrons. The van der Waals surface area contributed by atoms with Gasteiger partial charge in [-0.2, -0.15) is 0 Å². The molecule has 2 rings (SSSR count). The highest BCUT2D eigenvalue weighted by Crippen LogP contribution is 2.37. The van der Waals surface area contributed by atoms with Gasteiger partial charge in [-0.05, 0) is 18.2 Å². The summed E-state index contributed by atoms with van der Waals surface area (Å²) in [6.45, 7) is 0. The summed E-state index contributed by atoms with van der Waals surface area (Å²) < 4.78 is 0. The molecule has 2 N–H and O–H groups in total. The number of hydrogen-bond donors (Lipinski definition) is 2. The minimum atomic E-state index is -1.17. The Balaban J connectivity index is 2.79. The number of benzene rings is 1. The highest BCUT2D eigenvalue weighted by molar-refractivity contribution is 6.46. The van der Waals surface area contributed by atoms with Crippen LogP contribution in [0.25, 0.3) is 11.1 Å². The predicted molar refractivity (Wildman–Crippen MR) is 74.5 cm³/mol. The highest BCUT2D eigenvalue weighted by atomic mass is 35.5. The number of aromatic amines is 1. The van der Waals surface area contributed by atoms with Crippen LogP contribution in [0.15, 0.2) is 29.2 Å². The lowest BCUT2D eigenvalue weighted by molar-refractivity contribution is 0.0696. The van der Waals surface area contributed by atoms with E-state index in [9.17, 15) is 9.59 Å². The van der Waals surface area contributed by atoms with Crippen LogP contribution < -0.4 is 5.56 Å². The summed E-state index contributed by atoms with van der Waals surface area (Å²) in [5.41, 5.74) is -0.324. The zero-order chi connectivity index (χ0) is 14.2. The number of pyridine rings is 1. The molecule has 0 bridgehead atoms. The molecule has 1 aromatic heterocycles. The molecule has 0 saturated heterocycles. The lowest BCUT2D eigenvalue weighted by Crippen LogP contribution is -2.11. The lowest BCUT2D eigenvalue weighted by atomic mass is 10.1. The Labute approximate surface area is 122 Å². The van der Waals surface area contributed by atoms with Crippen molar-refractivity contribution in [3.8, 4) is 11.1 Å². The predicted octanol–water partition coefficient (Wildman–Crippen LogP) is 3.70. The molecule has 1 heterocycles. The fourth-order valence-electron chi connectivity index (χ4n) is 1.57. The van der Waals surface area contributed by atoms with Crippen LogP contribution in [0.2, 0.25) is 15.1 Å². The van der Waals surface area contributed by atoms with Gasteiger partial charge in [-0.1, -0.05) is 34.8 Å². The third-order valence-electron chi connectivity index (χ3n) is 2.46. The van der Waals surface area contributed by atoms with Gasteiger partial charge in [-0.3, -0.25) is 4.79 Å². The average molecular weight is 319 g/mol. The number of rotatable bonds is 2. The van der Waals surface area contributed by atoms with E-state index in [4.69, 9.17) is 39.9 Å². The molecular formula is C12H6Cl3NO3. The van der Waals surface area contributed by atoms with Gasteiger partial charge in [-0.25, -0.2) is 4.79 Å². The summed E-state index contributed by atoms with van der Waals surface area (Å²) in [6.07, 6.45) is 1.10. The number of carboxylic acids is 1. The Hall–Kier alpha value is -1.49. The second-order valence-electron chi connectivity index (χ2n) is 3.65. The monoisotopic (exact) mass is 317 g/mol. The van der Waals surface area contributed by atoms with E-state index in [0.717, 1.165) is 6.20 Å². The van der Waals surface area contributed by atoms with Crippen LogP contribution in [0.1, 0.15) is 10.4 Å². The SMILES string of the molecule is O=C(O)c1c[nH]c(=O)c(-c2c(Cl)ccc(Cl)c2Cl)c1. The van der Waals surface area contributed by atoms with Crippen molar-refractivity contribution in [3.05, 3.63) is 55.4 Å². The van der Waals surface area contributed by atoms with Crippen molar-refractivity contribution in [1.29, 1.82) is 0 Å². The number of carbonyl (C=O) groups is 1. The largest absolute Gasteiger partial charge is 0.478 e. The van der Waals surface area contributed by atoms with Crippen molar-refractivity contribution in [3.63, 3.8) is 0 Å². The van der Waals surface area contributed by atoms with Crippen LogP contribution in [0.4, 0.5) is 0 Å². The van der Waals surface area contributed by atoms with E-state index in [1.165, 1.54) is 18.2 Å². The van der Waals surface area contributed by atoms with Gasteiger partial charge >= 0.3 is 5.97 Å². The van der Waals surface area contributed by atoms with Crippen molar-refractivity contribution < 1.29 is 9.90 Å². The molecule has 19 heavy (non-hydrogen) atoms. The molecule has 0 atom stereocenters. The summed E-state index contributed by atoms with van der Waals surface area (Å²) in [5, 5.41) is 9.46. The topological polar surface area (TPSA) is 70.2 Å². The van der Waals surface area contributed by atoms with Crippen LogP contribution in [-0.4, -0.2) is 16.1 Å². The first-order valence-corrected chi connectivity index (χ1v) is 6.15. The molecule has 98 valence electrons. The van der Waals surface area contributed by atoms with Gasteiger partial charge < -0.3 is 10.1 Å². The van der Waals surface area contributed by atoms with Gasteiger partial charge in [-0.15, -0.1) is 0 Å². The number of halogens is 3. The summed E-state index contributed by atoms with van der Waals surface area (Å²) in [5.74, 6) is -1.17. The summed E-state index contributed by atoms with van der Waals surface area (Å²) in [7, 11) is 0. The fourth-order valence-corrected chi connectivity index (χ4v) is 2.30. The average Bonchev–Trinajstić information content (AvgIpc) is 2.36. The maximum atomic E-state index is 11.8. The zero-order valence-electron chi connectivity index (χ0n) is 9.21. The van der Waals surface area contributed by atoms with Crippen molar-refractivity contribution >= 4 is 40.8 Å². The number of aromatic carboxylic acids is 1. The molecule has 4 nitrogen and oxygen atoms in total. The van der Waals surface area contributed by atoms with Crippen molar-refractivity contribution in [1.82, 2.24) is 4.98 Å². The van der Waals surface area contributed by atoms with Gasteiger partial charge in [0.05, 0.1) is 26.2 Å². The molecule has 0 aliphatic heterocycles. The van der Waals surface area contributed by atoms with Crippen molar-refractivity contribution in [2.24, 2.45) is 0 Å². The first-order chi connectivity index (χ1) is 8.91. The first kappa shape index (κ1) is 13.9. The molecule has 0 fully saturated rings. The molecule has 0 spiro atoms. The number of carboxylic acid groups (broad SMARTS) is 1. The fraction of sp³-hybridized carbons (Fsp3) is 0. The van der Waals surface area contributed by atoms with Crippen molar-refractivity contribution in [2.75, 3.05) is 0 Å². The molecule has 2 aromatic rings. The number of hydrogen-bond acceptors (Lipinski definition) is 2. The summed E-state index contributed by atoms with van der Waals surface area (Å²) >= 11 is 17.9. The molecule has 1 aromatic carbocycles. The molecule has 0 amide bonds. The Morgan fingerprint density at radius 2 is 1.79 bits per heavy atom. The Kier molecular flexibility index (Phi) is 3.85. The molecule has 0 aliphatic carbocycles. The van der Waals surface area contributed by atoms with E-state index in [-0.39, 0.29) is 31.8 Å². The summed E-state index contributed by atoms with van der Waals surface area (Å²) in [6, 6.07) is 4.17. The Morgan fingerprint density at radius 3 is 2.42 bits per heavy atom. The first-order valence-electron chi connectivity index (χ1n) is 5.01. The number of H-pyrrole nitrogens is 1. The van der Waals surface area contributed by atoms with E-state index in [0.29, 0.717) is 0 Å². The molecule has 0 unspecified atom stereocenters. The van der Waals surface area contributed by atoms with Crippen molar-refractivity contribution in [2.45, 2.75) is 0 Å². The van der Waals surface area contributed by atoms with E-state index >= 15 is 0 Å². The van der Waals surface area contributed by atoms with Gasteiger partial charge in [0, 0.05) is 11.8 Å². The second-order valence-corrected chi connectivity index (χ2v) is 4.85. The normalized spacial score (nSPS) is 10.5. The maximum Gasteiger partial charge on any atom is 0.337 e. The highest BCUT2D eigenvalue weighted by Gasteiger charge is 2.16. The lowest BCUT2D eigenvalue weighted by Gasteiger charge is -2.08. The molecular weight excluding hydrogens is 312 g/mol. The molecule has 0 aliphatic rings. The van der Waals surface area contributed by atoms with Crippen LogP contribution in [0.3, 0.4) is 0 Å². The van der Waals surface area contributed by atoms with E-state index in [2.05, 4.69) is 4.98 Å². The minimum Gasteiger partial charge on any atom is -0.478 e. The number of nitrogens with one attached hydrogen (secondary N) is 1. The smallest absolute Gasteiger partial charge is 0.337 e. The summed E-state index contributed by atoms with van der Waals surface area (Å²) in [4.78, 5) is 25.0. The van der Waals surface area contributed by atoms with Gasteiger partial charge in [0.25, 0.3) is 5.56 Å². The Morgan fingerprint density at radius 1 is 1.16 bits per heavy atom. The van der Waals surface area contributed by atoms with E-state index in [1.54, 1.807) is 0 Å². The van der Waals surface area contributed by atoms with Crippen LogP contribution in [-0.2, 0) is 0 Å². The number of aromatic nitrogens is 1. The molecule has 0 saturated carbocycles. The van der Waals surface area contributed by atoms with E-state index in [1.807, 2.05) is 0 Å². The van der Waals surface area contributed by atoms with E-state index < -0.39 is 11.5 Å². The zero-order valence-corrected chi connectivity index (χ0v) is 11.5. The third kappa shape index (κ3) is 2.61. The molecule has 7 heteroatoms. The third-order valence-corrected chi connectivity index (χ3v) is 3.58. The standard InChI is InChI=1S/C12H6Cl3NO3/c13-7-1-2-8(14)10(15)9(7)6-3-5(12(18)19)4-16-11(6)17/h1-4H,(H,16,17)(H,18,19). The quantitative estimate of drug-likeness (QED) is 0.829. The minimum absolute atomic E-state index is 0.0531. The van der Waals surface area contributed by atoms with Gasteiger partial charge in [0.2, 0.25) is 0 Å². The van der Waals surface area contributed by atoms with Gasteiger partial charge in [0.1, 0.15) is 0 Å². The van der Waals surface area contributed by atoms with Crippen LogP contribution >= 0.6 is 34.8 Å². The maximum absolute atomic E-state index is 11.8. The van der Waals surface area contributed by atoms with Crippen LogP contribution in [0, 0.1) is 0 Å². The second kappa shape index (κ2) is 5.25. The van der Waals surface area contributed by atoms with Crippen LogP contribution in [0.5, 0.6) is 0 Å². The van der Waals surface area contributed by atoms with Gasteiger partial charge in [0.15, 0.2) is 0 Å². The Bertz CT molecular complexity index is 725.